The number of hydrogen-bond donors (Lipinski definition) is 1. The fourth-order valence-corrected chi connectivity index (χ4v) is 2.40. The highest BCUT2D eigenvalue weighted by Gasteiger charge is 2.22. The first-order valence-electron chi connectivity index (χ1n) is 6.69. The first-order chi connectivity index (χ1) is 8.38. The normalized spacial score (nSPS) is 17.2. The van der Waals surface area contributed by atoms with Crippen LogP contribution in [-0.4, -0.2) is 16.0 Å². The van der Waals surface area contributed by atoms with E-state index in [0.717, 1.165) is 17.2 Å². The highest BCUT2D eigenvalue weighted by molar-refractivity contribution is 6.30. The van der Waals surface area contributed by atoms with Crippen LogP contribution in [0.1, 0.15) is 57.8 Å². The van der Waals surface area contributed by atoms with Gasteiger partial charge in [-0.15, -0.1) is 0 Å². The summed E-state index contributed by atoms with van der Waals surface area (Å²) in [6.45, 7) is 8.29. The summed E-state index contributed by atoms with van der Waals surface area (Å²) in [5, 5.41) is 4.09. The minimum Gasteiger partial charge on any atom is -0.367 e. The average molecular weight is 268 g/mol. The van der Waals surface area contributed by atoms with Crippen molar-refractivity contribution in [2.45, 2.75) is 64.8 Å². The molecule has 1 saturated carbocycles. The van der Waals surface area contributed by atoms with Gasteiger partial charge in [0, 0.05) is 17.0 Å². The molecule has 0 bridgehead atoms. The van der Waals surface area contributed by atoms with Crippen molar-refractivity contribution in [3.8, 4) is 0 Å². The van der Waals surface area contributed by atoms with E-state index in [4.69, 9.17) is 11.6 Å². The second-order valence-electron chi connectivity index (χ2n) is 6.19. The molecule has 0 saturated heterocycles. The molecule has 0 amide bonds. The van der Waals surface area contributed by atoms with Gasteiger partial charge in [-0.2, -0.15) is 0 Å². The number of nitrogens with one attached hydrogen (secondary N) is 1. The van der Waals surface area contributed by atoms with Crippen molar-refractivity contribution >= 4 is 17.4 Å². The Labute approximate surface area is 114 Å². The Morgan fingerprint density at radius 2 is 1.78 bits per heavy atom. The van der Waals surface area contributed by atoms with E-state index in [1.807, 2.05) is 6.92 Å². The molecule has 0 aromatic carbocycles. The number of aromatic nitrogens is 2. The minimum absolute atomic E-state index is 0.0799. The van der Waals surface area contributed by atoms with E-state index in [2.05, 4.69) is 36.1 Å². The molecule has 0 spiro atoms. The van der Waals surface area contributed by atoms with E-state index in [-0.39, 0.29) is 5.41 Å². The first-order valence-corrected chi connectivity index (χ1v) is 7.07. The quantitative estimate of drug-likeness (QED) is 0.820. The van der Waals surface area contributed by atoms with Crippen LogP contribution in [0.25, 0.3) is 0 Å². The third-order valence-corrected chi connectivity index (χ3v) is 3.82. The maximum absolute atomic E-state index is 6.22. The summed E-state index contributed by atoms with van der Waals surface area (Å²) in [5.41, 5.74) is 0.875. The molecule has 0 unspecified atom stereocenters. The molecule has 1 heterocycles. The predicted octanol–water partition coefficient (Wildman–Crippen LogP) is 4.09. The van der Waals surface area contributed by atoms with E-state index < -0.39 is 0 Å². The van der Waals surface area contributed by atoms with Gasteiger partial charge in [-0.25, -0.2) is 9.97 Å². The molecule has 0 aliphatic heterocycles. The predicted molar refractivity (Wildman–Crippen MR) is 76.4 cm³/mol. The summed E-state index contributed by atoms with van der Waals surface area (Å²) in [5.74, 6) is 1.71. The standard InChI is InChI=1S/C14H22ClN3/c1-9-11(15)17-13(14(2,3)4)18-12(9)16-10-7-5-6-8-10/h10H,5-8H2,1-4H3,(H,16,17,18). The molecule has 100 valence electrons. The van der Waals surface area contributed by atoms with Crippen LogP contribution in [0.5, 0.6) is 0 Å². The number of anilines is 1. The molecule has 18 heavy (non-hydrogen) atoms. The molecule has 1 aliphatic carbocycles. The van der Waals surface area contributed by atoms with Crippen LogP contribution in [0, 0.1) is 6.92 Å². The van der Waals surface area contributed by atoms with Crippen molar-refractivity contribution in [3.63, 3.8) is 0 Å². The Hall–Kier alpha value is -0.830. The van der Waals surface area contributed by atoms with Crippen LogP contribution in [0.2, 0.25) is 5.15 Å². The Morgan fingerprint density at radius 1 is 1.17 bits per heavy atom. The Morgan fingerprint density at radius 3 is 2.33 bits per heavy atom. The smallest absolute Gasteiger partial charge is 0.137 e. The zero-order valence-corrected chi connectivity index (χ0v) is 12.4. The van der Waals surface area contributed by atoms with Gasteiger partial charge < -0.3 is 5.32 Å². The maximum Gasteiger partial charge on any atom is 0.137 e. The molecule has 1 aromatic heterocycles. The van der Waals surface area contributed by atoms with Crippen molar-refractivity contribution in [1.82, 2.24) is 9.97 Å². The third kappa shape index (κ3) is 2.94. The van der Waals surface area contributed by atoms with E-state index >= 15 is 0 Å². The topological polar surface area (TPSA) is 37.8 Å². The van der Waals surface area contributed by atoms with Crippen LogP contribution in [0.3, 0.4) is 0 Å². The van der Waals surface area contributed by atoms with Gasteiger partial charge in [0.15, 0.2) is 0 Å². The lowest BCUT2D eigenvalue weighted by molar-refractivity contribution is 0.544. The summed E-state index contributed by atoms with van der Waals surface area (Å²) in [6, 6.07) is 0.544. The number of rotatable bonds is 2. The van der Waals surface area contributed by atoms with E-state index in [9.17, 15) is 0 Å². The van der Waals surface area contributed by atoms with Gasteiger partial charge in [0.1, 0.15) is 16.8 Å². The summed E-state index contributed by atoms with van der Waals surface area (Å²) in [4.78, 5) is 9.05. The Kier molecular flexibility index (Phi) is 3.81. The highest BCUT2D eigenvalue weighted by Crippen LogP contribution is 2.28. The molecular formula is C14H22ClN3. The van der Waals surface area contributed by atoms with Crippen LogP contribution >= 0.6 is 11.6 Å². The van der Waals surface area contributed by atoms with Gasteiger partial charge in [0.05, 0.1) is 0 Å². The largest absolute Gasteiger partial charge is 0.367 e. The third-order valence-electron chi connectivity index (χ3n) is 3.45. The molecule has 1 aromatic rings. The lowest BCUT2D eigenvalue weighted by atomic mass is 9.95. The fourth-order valence-electron chi connectivity index (χ4n) is 2.23. The lowest BCUT2D eigenvalue weighted by Crippen LogP contribution is -2.21. The SMILES string of the molecule is Cc1c(Cl)nc(C(C)(C)C)nc1NC1CCCC1. The summed E-state index contributed by atoms with van der Waals surface area (Å²) in [7, 11) is 0. The van der Waals surface area contributed by atoms with Crippen molar-refractivity contribution in [1.29, 1.82) is 0 Å². The molecular weight excluding hydrogens is 246 g/mol. The van der Waals surface area contributed by atoms with Gasteiger partial charge in [0.25, 0.3) is 0 Å². The molecule has 0 radical (unpaired) electrons. The second kappa shape index (κ2) is 5.04. The van der Waals surface area contributed by atoms with Crippen LogP contribution in [-0.2, 0) is 5.41 Å². The van der Waals surface area contributed by atoms with Gasteiger partial charge >= 0.3 is 0 Å². The first kappa shape index (κ1) is 13.6. The number of nitrogens with zero attached hydrogens (tertiary/aromatic N) is 2. The molecule has 0 atom stereocenters. The van der Waals surface area contributed by atoms with Crippen LogP contribution in [0.4, 0.5) is 5.82 Å². The molecule has 1 N–H and O–H groups in total. The fraction of sp³-hybridized carbons (Fsp3) is 0.714. The Bertz CT molecular complexity index is 431. The lowest BCUT2D eigenvalue weighted by Gasteiger charge is -2.21. The number of hydrogen-bond acceptors (Lipinski definition) is 3. The maximum atomic E-state index is 6.22. The van der Waals surface area contributed by atoms with Crippen LogP contribution < -0.4 is 5.32 Å². The molecule has 1 fully saturated rings. The second-order valence-corrected chi connectivity index (χ2v) is 6.55. The van der Waals surface area contributed by atoms with Gasteiger partial charge in [-0.05, 0) is 19.8 Å². The van der Waals surface area contributed by atoms with E-state index in [1.54, 1.807) is 0 Å². The molecule has 1 aliphatic rings. The van der Waals surface area contributed by atoms with Crippen molar-refractivity contribution in [3.05, 3.63) is 16.5 Å². The highest BCUT2D eigenvalue weighted by atomic mass is 35.5. The van der Waals surface area contributed by atoms with Crippen molar-refractivity contribution in [2.75, 3.05) is 5.32 Å². The zero-order chi connectivity index (χ0) is 13.3. The summed E-state index contributed by atoms with van der Waals surface area (Å²) >= 11 is 6.22. The van der Waals surface area contributed by atoms with E-state index in [0.29, 0.717) is 11.2 Å². The zero-order valence-electron chi connectivity index (χ0n) is 11.7. The van der Waals surface area contributed by atoms with Crippen molar-refractivity contribution in [2.24, 2.45) is 0 Å². The van der Waals surface area contributed by atoms with Gasteiger partial charge in [-0.1, -0.05) is 45.2 Å². The Balaban J connectivity index is 2.30. The van der Waals surface area contributed by atoms with Gasteiger partial charge in [0.2, 0.25) is 0 Å². The van der Waals surface area contributed by atoms with Crippen LogP contribution in [0.15, 0.2) is 0 Å². The van der Waals surface area contributed by atoms with E-state index in [1.165, 1.54) is 25.7 Å². The van der Waals surface area contributed by atoms with Gasteiger partial charge in [-0.3, -0.25) is 0 Å². The molecule has 2 rings (SSSR count). The average Bonchev–Trinajstić information content (AvgIpc) is 2.75. The van der Waals surface area contributed by atoms with Crippen molar-refractivity contribution < 1.29 is 0 Å². The number of halogens is 1. The summed E-state index contributed by atoms with van der Waals surface area (Å²) in [6.07, 6.45) is 5.07. The molecule has 3 nitrogen and oxygen atoms in total. The molecule has 4 heteroatoms. The summed E-state index contributed by atoms with van der Waals surface area (Å²) < 4.78 is 0. The minimum atomic E-state index is -0.0799. The monoisotopic (exact) mass is 267 g/mol.